The quantitative estimate of drug-likeness (QED) is 0.661. The van der Waals surface area contributed by atoms with E-state index in [-0.39, 0.29) is 0 Å². The second-order valence-corrected chi connectivity index (χ2v) is 7.82. The minimum absolute atomic E-state index is 0.420. The Morgan fingerprint density at radius 2 is 2.00 bits per heavy atom. The number of hydrogen-bond donors (Lipinski definition) is 0. The third-order valence-corrected chi connectivity index (χ3v) is 5.24. The monoisotopic (exact) mass is 376 g/mol. The molecule has 0 bridgehead atoms. The molecule has 3 aromatic rings. The Morgan fingerprint density at radius 1 is 1.07 bits per heavy atom. The van der Waals surface area contributed by atoms with Gasteiger partial charge in [0.1, 0.15) is 11.6 Å². The number of pyridine rings is 2. The zero-order valence-corrected chi connectivity index (χ0v) is 16.7. The van der Waals surface area contributed by atoms with Gasteiger partial charge in [-0.25, -0.2) is 9.97 Å². The van der Waals surface area contributed by atoms with Crippen LogP contribution < -0.4 is 4.90 Å². The Morgan fingerprint density at radius 3 is 2.75 bits per heavy atom. The lowest BCUT2D eigenvalue weighted by atomic mass is 9.97. The lowest BCUT2D eigenvalue weighted by molar-refractivity contribution is 0.402. The number of aromatic nitrogens is 4. The SMILES string of the molecule is CN(C)Cc1ccc(N2CCCC(c3nccn3Cc3cccnc3)C2)nc1. The van der Waals surface area contributed by atoms with Crippen LogP contribution in [0.25, 0.3) is 0 Å². The van der Waals surface area contributed by atoms with Gasteiger partial charge in [-0.1, -0.05) is 12.1 Å². The van der Waals surface area contributed by atoms with Crippen molar-refractivity contribution in [1.29, 1.82) is 0 Å². The first-order valence-corrected chi connectivity index (χ1v) is 9.93. The third kappa shape index (κ3) is 4.39. The van der Waals surface area contributed by atoms with Crippen molar-refractivity contribution >= 4 is 5.82 Å². The normalized spacial score (nSPS) is 17.2. The highest BCUT2D eigenvalue weighted by molar-refractivity contribution is 5.40. The Labute approximate surface area is 166 Å². The predicted octanol–water partition coefficient (Wildman–Crippen LogP) is 3.17. The molecule has 0 aromatic carbocycles. The van der Waals surface area contributed by atoms with Crippen LogP contribution in [0.15, 0.2) is 55.2 Å². The van der Waals surface area contributed by atoms with Crippen molar-refractivity contribution in [2.75, 3.05) is 32.1 Å². The number of rotatable bonds is 6. The van der Waals surface area contributed by atoms with E-state index < -0.39 is 0 Å². The molecule has 1 aliphatic rings. The summed E-state index contributed by atoms with van der Waals surface area (Å²) < 4.78 is 2.26. The van der Waals surface area contributed by atoms with Crippen LogP contribution in [0, 0.1) is 0 Å². The molecule has 0 radical (unpaired) electrons. The molecular formula is C22H28N6. The average Bonchev–Trinajstić information content (AvgIpc) is 3.17. The van der Waals surface area contributed by atoms with Gasteiger partial charge < -0.3 is 14.4 Å². The zero-order chi connectivity index (χ0) is 19.3. The molecule has 1 atom stereocenters. The van der Waals surface area contributed by atoms with Crippen molar-refractivity contribution in [1.82, 2.24) is 24.4 Å². The highest BCUT2D eigenvalue weighted by Crippen LogP contribution is 2.28. The summed E-state index contributed by atoms with van der Waals surface area (Å²) in [4.78, 5) is 18.2. The van der Waals surface area contributed by atoms with E-state index in [0.717, 1.165) is 44.2 Å². The van der Waals surface area contributed by atoms with Gasteiger partial charge in [0.05, 0.1) is 6.54 Å². The van der Waals surface area contributed by atoms with Crippen LogP contribution in [-0.4, -0.2) is 51.6 Å². The molecule has 1 unspecified atom stereocenters. The van der Waals surface area contributed by atoms with Crippen molar-refractivity contribution in [3.8, 4) is 0 Å². The van der Waals surface area contributed by atoms with Gasteiger partial charge in [0.2, 0.25) is 0 Å². The van der Waals surface area contributed by atoms with Crippen LogP contribution >= 0.6 is 0 Å². The van der Waals surface area contributed by atoms with E-state index in [4.69, 9.17) is 9.97 Å². The van der Waals surface area contributed by atoms with Gasteiger partial charge in [-0.2, -0.15) is 0 Å². The number of anilines is 1. The molecule has 3 aromatic heterocycles. The first-order valence-electron chi connectivity index (χ1n) is 9.93. The van der Waals surface area contributed by atoms with Crippen LogP contribution in [0.3, 0.4) is 0 Å². The fraction of sp³-hybridized carbons (Fsp3) is 0.409. The molecule has 0 amide bonds. The van der Waals surface area contributed by atoms with Gasteiger partial charge in [0.25, 0.3) is 0 Å². The molecule has 146 valence electrons. The van der Waals surface area contributed by atoms with Gasteiger partial charge >= 0.3 is 0 Å². The maximum Gasteiger partial charge on any atom is 0.128 e. The van der Waals surface area contributed by atoms with E-state index >= 15 is 0 Å². The van der Waals surface area contributed by atoms with E-state index in [1.807, 2.05) is 30.9 Å². The third-order valence-electron chi connectivity index (χ3n) is 5.24. The molecule has 1 fully saturated rings. The van der Waals surface area contributed by atoms with E-state index in [1.165, 1.54) is 17.5 Å². The van der Waals surface area contributed by atoms with Gasteiger partial charge in [-0.3, -0.25) is 4.98 Å². The van der Waals surface area contributed by atoms with Crippen LogP contribution in [0.5, 0.6) is 0 Å². The molecule has 1 aliphatic heterocycles. The first-order chi connectivity index (χ1) is 13.7. The lowest BCUT2D eigenvalue weighted by Gasteiger charge is -2.33. The van der Waals surface area contributed by atoms with E-state index in [9.17, 15) is 0 Å². The minimum atomic E-state index is 0.420. The van der Waals surface area contributed by atoms with Gasteiger partial charge in [-0.05, 0) is 50.2 Å². The highest BCUT2D eigenvalue weighted by Gasteiger charge is 2.25. The average molecular weight is 377 g/mol. The summed E-state index contributed by atoms with van der Waals surface area (Å²) >= 11 is 0. The number of piperidine rings is 1. The van der Waals surface area contributed by atoms with Gasteiger partial charge in [0.15, 0.2) is 0 Å². The Kier molecular flexibility index (Phi) is 5.67. The summed E-state index contributed by atoms with van der Waals surface area (Å²) in [7, 11) is 4.16. The van der Waals surface area contributed by atoms with E-state index in [2.05, 4.69) is 57.8 Å². The fourth-order valence-corrected chi connectivity index (χ4v) is 3.96. The van der Waals surface area contributed by atoms with Crippen LogP contribution in [0.1, 0.15) is 35.7 Å². The second kappa shape index (κ2) is 8.52. The van der Waals surface area contributed by atoms with E-state index in [1.54, 1.807) is 0 Å². The molecule has 4 rings (SSSR count). The van der Waals surface area contributed by atoms with Crippen LogP contribution in [0.2, 0.25) is 0 Å². The fourth-order valence-electron chi connectivity index (χ4n) is 3.96. The molecule has 4 heterocycles. The Hall–Kier alpha value is -2.73. The molecular weight excluding hydrogens is 348 g/mol. The summed E-state index contributed by atoms with van der Waals surface area (Å²) in [6.45, 7) is 3.75. The lowest BCUT2D eigenvalue weighted by Crippen LogP contribution is -2.36. The molecule has 0 N–H and O–H groups in total. The molecule has 0 spiro atoms. The van der Waals surface area contributed by atoms with Gasteiger partial charge in [-0.15, -0.1) is 0 Å². The molecule has 6 nitrogen and oxygen atoms in total. The van der Waals surface area contributed by atoms with Crippen molar-refractivity contribution < 1.29 is 0 Å². The predicted molar refractivity (Wildman–Crippen MR) is 111 cm³/mol. The Balaban J connectivity index is 1.46. The molecule has 0 aliphatic carbocycles. The number of nitrogens with zero attached hydrogens (tertiary/aromatic N) is 6. The van der Waals surface area contributed by atoms with Crippen molar-refractivity contribution in [2.24, 2.45) is 0 Å². The summed E-state index contributed by atoms with van der Waals surface area (Å²) in [5.41, 5.74) is 2.45. The maximum absolute atomic E-state index is 4.73. The molecule has 0 saturated carbocycles. The summed E-state index contributed by atoms with van der Waals surface area (Å²) in [6, 6.07) is 8.45. The van der Waals surface area contributed by atoms with Gasteiger partial charge in [0, 0.05) is 56.5 Å². The first kappa shape index (κ1) is 18.6. The topological polar surface area (TPSA) is 50.1 Å². The maximum atomic E-state index is 4.73. The summed E-state index contributed by atoms with van der Waals surface area (Å²) in [5.74, 6) is 2.65. The molecule has 6 heteroatoms. The van der Waals surface area contributed by atoms with Crippen molar-refractivity contribution in [3.63, 3.8) is 0 Å². The highest BCUT2D eigenvalue weighted by atomic mass is 15.2. The largest absolute Gasteiger partial charge is 0.356 e. The van der Waals surface area contributed by atoms with Crippen LogP contribution in [-0.2, 0) is 13.1 Å². The summed E-state index contributed by atoms with van der Waals surface area (Å²) in [5, 5.41) is 0. The standard InChI is InChI=1S/C22H28N6/c1-26(2)15-19-7-8-21(25-14-19)27-11-4-6-20(17-27)22-24-10-12-28(22)16-18-5-3-9-23-13-18/h3,5,7-10,12-14,20H,4,6,11,15-17H2,1-2H3. The smallest absolute Gasteiger partial charge is 0.128 e. The Bertz CT molecular complexity index is 872. The minimum Gasteiger partial charge on any atom is -0.356 e. The van der Waals surface area contributed by atoms with E-state index in [0.29, 0.717) is 5.92 Å². The molecule has 28 heavy (non-hydrogen) atoms. The number of hydrogen-bond acceptors (Lipinski definition) is 5. The van der Waals surface area contributed by atoms with Crippen molar-refractivity contribution in [3.05, 3.63) is 72.2 Å². The molecule has 1 saturated heterocycles. The zero-order valence-electron chi connectivity index (χ0n) is 16.7. The van der Waals surface area contributed by atoms with Crippen LogP contribution in [0.4, 0.5) is 5.82 Å². The number of imidazole rings is 1. The second-order valence-electron chi connectivity index (χ2n) is 7.82. The summed E-state index contributed by atoms with van der Waals surface area (Å²) in [6.07, 6.45) is 12.1. The van der Waals surface area contributed by atoms with Crippen molar-refractivity contribution in [2.45, 2.75) is 31.8 Å².